The molecule has 2 aromatic rings. The fraction of sp³-hybridized carbons (Fsp3) is 0.400. The highest BCUT2D eigenvalue weighted by Crippen LogP contribution is 2.34. The van der Waals surface area contributed by atoms with Crippen molar-refractivity contribution in [3.63, 3.8) is 0 Å². The summed E-state index contributed by atoms with van der Waals surface area (Å²) in [4.78, 5) is 1.44. The SMILES string of the molecule is CCOc1cc(C[NH2+]CC[NH+](C)C)c(Cl)cc1OCc1ccccc1Cl. The molecule has 0 aliphatic rings. The van der Waals surface area contributed by atoms with Crippen molar-refractivity contribution in [2.24, 2.45) is 0 Å². The number of hydrogen-bond acceptors (Lipinski definition) is 2. The van der Waals surface area contributed by atoms with Gasteiger partial charge < -0.3 is 19.7 Å². The molecular formula is C20H28Cl2N2O2+2. The van der Waals surface area contributed by atoms with Gasteiger partial charge in [0.05, 0.1) is 25.7 Å². The molecule has 0 aromatic heterocycles. The fourth-order valence-electron chi connectivity index (χ4n) is 2.53. The first-order chi connectivity index (χ1) is 12.5. The minimum atomic E-state index is 0.368. The summed E-state index contributed by atoms with van der Waals surface area (Å²) in [6.07, 6.45) is 0. The number of nitrogens with one attached hydrogen (secondary N) is 1. The molecule has 0 aliphatic carbocycles. The van der Waals surface area contributed by atoms with E-state index in [1.54, 1.807) is 0 Å². The molecule has 4 nitrogen and oxygen atoms in total. The summed E-state index contributed by atoms with van der Waals surface area (Å²) >= 11 is 12.7. The molecule has 0 radical (unpaired) electrons. The van der Waals surface area contributed by atoms with Crippen LogP contribution in [0.2, 0.25) is 10.0 Å². The number of halogens is 2. The Bertz CT molecular complexity index is 708. The second-order valence-corrected chi connectivity index (χ2v) is 7.26. The number of hydrogen-bond donors (Lipinski definition) is 2. The molecule has 6 heteroatoms. The van der Waals surface area contributed by atoms with Crippen molar-refractivity contribution in [1.29, 1.82) is 0 Å². The van der Waals surface area contributed by atoms with Gasteiger partial charge in [-0.2, -0.15) is 0 Å². The molecule has 0 spiro atoms. The van der Waals surface area contributed by atoms with Crippen molar-refractivity contribution in [3.05, 3.63) is 57.6 Å². The third-order valence-electron chi connectivity index (χ3n) is 3.97. The molecule has 26 heavy (non-hydrogen) atoms. The van der Waals surface area contributed by atoms with Crippen LogP contribution < -0.4 is 19.7 Å². The Morgan fingerprint density at radius 3 is 2.38 bits per heavy atom. The fourth-order valence-corrected chi connectivity index (χ4v) is 2.96. The molecule has 0 aliphatic heterocycles. The molecule has 142 valence electrons. The van der Waals surface area contributed by atoms with Gasteiger partial charge in [0, 0.05) is 22.2 Å². The predicted octanol–water partition coefficient (Wildman–Crippen LogP) is 2.18. The van der Waals surface area contributed by atoms with Crippen molar-refractivity contribution in [2.75, 3.05) is 33.8 Å². The van der Waals surface area contributed by atoms with Crippen LogP contribution >= 0.6 is 23.2 Å². The summed E-state index contributed by atoms with van der Waals surface area (Å²) < 4.78 is 11.7. The second kappa shape index (κ2) is 10.6. The van der Waals surface area contributed by atoms with E-state index in [1.165, 1.54) is 4.90 Å². The minimum Gasteiger partial charge on any atom is -0.490 e. The Morgan fingerprint density at radius 2 is 1.69 bits per heavy atom. The maximum atomic E-state index is 6.47. The smallest absolute Gasteiger partial charge is 0.163 e. The summed E-state index contributed by atoms with van der Waals surface area (Å²) in [6.45, 7) is 5.86. The Labute approximate surface area is 166 Å². The lowest BCUT2D eigenvalue weighted by atomic mass is 10.2. The topological polar surface area (TPSA) is 39.5 Å². The van der Waals surface area contributed by atoms with Crippen LogP contribution in [0.4, 0.5) is 0 Å². The monoisotopic (exact) mass is 398 g/mol. The number of nitrogens with two attached hydrogens (primary N) is 1. The van der Waals surface area contributed by atoms with Crippen LogP contribution in [0.25, 0.3) is 0 Å². The first kappa shape index (κ1) is 20.8. The molecule has 2 rings (SSSR count). The largest absolute Gasteiger partial charge is 0.490 e. The summed E-state index contributed by atoms with van der Waals surface area (Å²) in [7, 11) is 4.30. The van der Waals surface area contributed by atoms with Crippen LogP contribution in [0.5, 0.6) is 11.5 Å². The lowest BCUT2D eigenvalue weighted by Crippen LogP contribution is -3.09. The van der Waals surface area contributed by atoms with Crippen LogP contribution in [-0.4, -0.2) is 33.8 Å². The Balaban J connectivity index is 2.08. The van der Waals surface area contributed by atoms with E-state index in [-0.39, 0.29) is 0 Å². The summed E-state index contributed by atoms with van der Waals surface area (Å²) in [5.74, 6) is 1.35. The van der Waals surface area contributed by atoms with E-state index >= 15 is 0 Å². The maximum absolute atomic E-state index is 6.47. The van der Waals surface area contributed by atoms with E-state index in [9.17, 15) is 0 Å². The molecular weight excluding hydrogens is 371 g/mol. The zero-order chi connectivity index (χ0) is 18.9. The Hall–Kier alpha value is -1.46. The number of rotatable bonds is 10. The van der Waals surface area contributed by atoms with Gasteiger partial charge in [0.15, 0.2) is 11.5 Å². The normalized spacial score (nSPS) is 11.0. The van der Waals surface area contributed by atoms with Gasteiger partial charge in [0.25, 0.3) is 0 Å². The highest BCUT2D eigenvalue weighted by atomic mass is 35.5. The van der Waals surface area contributed by atoms with Gasteiger partial charge in [-0.25, -0.2) is 0 Å². The standard InChI is InChI=1S/C20H26Cl2N2O2/c1-4-25-19-11-16(13-23-9-10-24(2)3)18(22)12-20(19)26-14-15-7-5-6-8-17(15)21/h5-8,11-12,23H,4,9-10,13-14H2,1-3H3/p+2. The third kappa shape index (κ3) is 6.36. The van der Waals surface area contributed by atoms with E-state index in [0.29, 0.717) is 34.8 Å². The highest BCUT2D eigenvalue weighted by molar-refractivity contribution is 6.31. The molecule has 0 bridgehead atoms. The highest BCUT2D eigenvalue weighted by Gasteiger charge is 2.13. The molecule has 0 saturated heterocycles. The van der Waals surface area contributed by atoms with Crippen LogP contribution in [-0.2, 0) is 13.2 Å². The average Bonchev–Trinajstić information content (AvgIpc) is 2.60. The first-order valence-corrected chi connectivity index (χ1v) is 9.69. The van der Waals surface area contributed by atoms with E-state index in [2.05, 4.69) is 19.4 Å². The lowest BCUT2D eigenvalue weighted by Gasteiger charge is -2.15. The maximum Gasteiger partial charge on any atom is 0.163 e. The van der Waals surface area contributed by atoms with Crippen molar-refractivity contribution in [1.82, 2.24) is 0 Å². The molecule has 0 heterocycles. The lowest BCUT2D eigenvalue weighted by molar-refractivity contribution is -0.875. The van der Waals surface area contributed by atoms with Gasteiger partial charge >= 0.3 is 0 Å². The number of quaternary nitrogens is 2. The molecule has 0 amide bonds. The van der Waals surface area contributed by atoms with Crippen molar-refractivity contribution < 1.29 is 19.7 Å². The van der Waals surface area contributed by atoms with Crippen molar-refractivity contribution >= 4 is 23.2 Å². The second-order valence-electron chi connectivity index (χ2n) is 6.44. The van der Waals surface area contributed by atoms with Gasteiger partial charge in [-0.3, -0.25) is 0 Å². The molecule has 3 N–H and O–H groups in total. The van der Waals surface area contributed by atoms with Crippen LogP contribution in [0.1, 0.15) is 18.1 Å². The zero-order valence-electron chi connectivity index (χ0n) is 15.6. The number of likely N-dealkylation sites (N-methyl/N-ethyl adjacent to an activating group) is 1. The van der Waals surface area contributed by atoms with Crippen molar-refractivity contribution in [3.8, 4) is 11.5 Å². The van der Waals surface area contributed by atoms with Gasteiger partial charge in [0.2, 0.25) is 0 Å². The summed E-state index contributed by atoms with van der Waals surface area (Å²) in [6, 6.07) is 11.5. The van der Waals surface area contributed by atoms with Crippen LogP contribution in [0, 0.1) is 0 Å². The van der Waals surface area contributed by atoms with Gasteiger partial charge in [-0.15, -0.1) is 0 Å². The minimum absolute atomic E-state index is 0.368. The average molecular weight is 399 g/mol. The quantitative estimate of drug-likeness (QED) is 0.602. The molecule has 0 saturated carbocycles. The van der Waals surface area contributed by atoms with Crippen LogP contribution in [0.3, 0.4) is 0 Å². The summed E-state index contributed by atoms with van der Waals surface area (Å²) in [5, 5.41) is 3.63. The first-order valence-electron chi connectivity index (χ1n) is 8.93. The molecule has 2 aromatic carbocycles. The van der Waals surface area contributed by atoms with E-state index in [1.807, 2.05) is 43.3 Å². The predicted molar refractivity (Wildman–Crippen MR) is 107 cm³/mol. The van der Waals surface area contributed by atoms with Crippen LogP contribution in [0.15, 0.2) is 36.4 Å². The Morgan fingerprint density at radius 1 is 0.962 bits per heavy atom. The zero-order valence-corrected chi connectivity index (χ0v) is 17.2. The van der Waals surface area contributed by atoms with E-state index < -0.39 is 0 Å². The van der Waals surface area contributed by atoms with E-state index in [4.69, 9.17) is 32.7 Å². The van der Waals surface area contributed by atoms with Crippen molar-refractivity contribution in [2.45, 2.75) is 20.1 Å². The van der Waals surface area contributed by atoms with E-state index in [0.717, 1.165) is 30.8 Å². The van der Waals surface area contributed by atoms with Gasteiger partial charge in [0.1, 0.15) is 26.2 Å². The number of benzene rings is 2. The summed E-state index contributed by atoms with van der Waals surface area (Å²) in [5.41, 5.74) is 1.98. The molecule has 0 atom stereocenters. The molecule has 0 unspecified atom stereocenters. The third-order valence-corrected chi connectivity index (χ3v) is 4.69. The van der Waals surface area contributed by atoms with Gasteiger partial charge in [-0.1, -0.05) is 41.4 Å². The molecule has 0 fully saturated rings. The van der Waals surface area contributed by atoms with Gasteiger partial charge in [-0.05, 0) is 19.1 Å². The number of ether oxygens (including phenoxy) is 2. The Kier molecular flexibility index (Phi) is 8.52.